The van der Waals surface area contributed by atoms with Crippen molar-refractivity contribution in [1.82, 2.24) is 0 Å². The van der Waals surface area contributed by atoms with Crippen LogP contribution in [-0.4, -0.2) is 20.5 Å². The van der Waals surface area contributed by atoms with Gasteiger partial charge < -0.3 is 23.4 Å². The van der Waals surface area contributed by atoms with Crippen LogP contribution in [0.1, 0.15) is 166 Å². The molecule has 0 spiro atoms. The normalized spacial score (nSPS) is 8.95. The van der Waals surface area contributed by atoms with Gasteiger partial charge in [0.2, 0.25) is 6.79 Å². The zero-order valence-electron chi connectivity index (χ0n) is 65.6. The van der Waals surface area contributed by atoms with Crippen molar-refractivity contribution in [3.63, 3.8) is 0 Å². The summed E-state index contributed by atoms with van der Waals surface area (Å²) < 4.78 is 60.8. The van der Waals surface area contributed by atoms with Crippen LogP contribution in [-0.2, 0) is 12.6 Å². The molecule has 0 saturated heterocycles. The largest absolute Gasteiger partial charge is 0.497 e. The van der Waals surface area contributed by atoms with E-state index >= 15 is 0 Å². The molecule has 0 amide bonds. The summed E-state index contributed by atoms with van der Waals surface area (Å²) in [7, 11) is 1.66. The van der Waals surface area contributed by atoms with Crippen molar-refractivity contribution < 1.29 is 36.5 Å². The van der Waals surface area contributed by atoms with E-state index in [2.05, 4.69) is 31.7 Å². The SMILES string of the molecule is C=Cc1ccccc1.CC.CC.CC.CC.CC.CC.CC.CC.CC.CC.COc1ccccc1.Cc1ccccc1.Cc1ccccc1Cl.Clc1ccccc1.FC(F)(F)c1ccccc1.c1ccc2c(c1)CCO2.c1ccc2c(c1)OCO2.c1ccc2occc2c1.c1ccccc1. The van der Waals surface area contributed by atoms with E-state index in [9.17, 15) is 13.2 Å². The molecule has 0 unspecified atom stereocenters. The maximum absolute atomic E-state index is 11.8. The van der Waals surface area contributed by atoms with Crippen molar-refractivity contribution in [3.05, 3.63) is 342 Å². The molecule has 0 N–H and O–H groups in total. The molecular formula is C91H127Cl2F3O5. The Morgan fingerprint density at radius 2 is 0.743 bits per heavy atom. The molecule has 10 aromatic carbocycles. The summed E-state index contributed by atoms with van der Waals surface area (Å²) in [4.78, 5) is 0. The first-order chi connectivity index (χ1) is 49.5. The fourth-order valence-corrected chi connectivity index (χ4v) is 6.81. The molecule has 13 rings (SSSR count). The van der Waals surface area contributed by atoms with E-state index in [1.807, 2.05) is 394 Å². The van der Waals surface area contributed by atoms with Gasteiger partial charge >= 0.3 is 6.18 Å². The van der Waals surface area contributed by atoms with Crippen molar-refractivity contribution >= 4 is 40.2 Å². The van der Waals surface area contributed by atoms with E-state index in [0.29, 0.717) is 6.79 Å². The van der Waals surface area contributed by atoms with Gasteiger partial charge in [0.1, 0.15) is 17.1 Å². The average molecular weight is 1430 g/mol. The van der Waals surface area contributed by atoms with Gasteiger partial charge in [0.15, 0.2) is 11.5 Å². The Balaban J connectivity index is -0.000000189. The molecule has 0 saturated carbocycles. The summed E-state index contributed by atoms with van der Waals surface area (Å²) in [6.07, 6.45) is 0.405. The monoisotopic (exact) mass is 1430 g/mol. The quantitative estimate of drug-likeness (QED) is 0.173. The maximum Gasteiger partial charge on any atom is 0.416 e. The summed E-state index contributed by atoms with van der Waals surface area (Å²) >= 11 is 11.2. The molecular weight excluding hydrogens is 1300 g/mol. The van der Waals surface area contributed by atoms with E-state index in [1.165, 1.54) is 28.8 Å². The number of methoxy groups -OCH3 is 1. The molecule has 3 heterocycles. The van der Waals surface area contributed by atoms with Crippen LogP contribution >= 0.6 is 23.2 Å². The molecule has 0 atom stereocenters. The maximum atomic E-state index is 11.8. The number of hydrogen-bond acceptors (Lipinski definition) is 5. The van der Waals surface area contributed by atoms with Gasteiger partial charge in [-0.15, -0.1) is 0 Å². The topological polar surface area (TPSA) is 50.1 Å². The lowest BCUT2D eigenvalue weighted by molar-refractivity contribution is -0.137. The van der Waals surface area contributed by atoms with Gasteiger partial charge in [0.25, 0.3) is 0 Å². The third kappa shape index (κ3) is 60.7. The fraction of sp³-hybridized carbons (Fsp3) is 0.297. The first-order valence-corrected chi connectivity index (χ1v) is 36.5. The second-order valence-electron chi connectivity index (χ2n) is 16.9. The van der Waals surface area contributed by atoms with Crippen LogP contribution in [0.15, 0.2) is 308 Å². The molecule has 2 aliphatic heterocycles. The van der Waals surface area contributed by atoms with Crippen LogP contribution in [0.5, 0.6) is 23.0 Å². The van der Waals surface area contributed by atoms with Crippen molar-refractivity contribution in [1.29, 1.82) is 0 Å². The van der Waals surface area contributed by atoms with Crippen LogP contribution in [0.25, 0.3) is 17.0 Å². The highest BCUT2D eigenvalue weighted by atomic mass is 35.5. The van der Waals surface area contributed by atoms with Crippen LogP contribution < -0.4 is 18.9 Å². The minimum absolute atomic E-state index is 0.360. The molecule has 0 radical (unpaired) electrons. The van der Waals surface area contributed by atoms with Crippen molar-refractivity contribution in [3.8, 4) is 23.0 Å². The van der Waals surface area contributed by atoms with Crippen LogP contribution in [0, 0.1) is 13.8 Å². The summed E-state index contributed by atoms with van der Waals surface area (Å²) in [5.74, 6) is 3.67. The van der Waals surface area contributed by atoms with Crippen molar-refractivity contribution in [2.45, 2.75) is 165 Å². The minimum atomic E-state index is -4.21. The summed E-state index contributed by atoms with van der Waals surface area (Å²) in [5.41, 5.74) is 5.33. The van der Waals surface area contributed by atoms with Gasteiger partial charge in [-0.1, -0.05) is 410 Å². The second-order valence-corrected chi connectivity index (χ2v) is 17.7. The van der Waals surface area contributed by atoms with E-state index in [1.54, 1.807) is 19.4 Å². The Labute approximate surface area is 623 Å². The minimum Gasteiger partial charge on any atom is -0.497 e. The highest BCUT2D eigenvalue weighted by Gasteiger charge is 2.29. The van der Waals surface area contributed by atoms with E-state index < -0.39 is 11.7 Å². The molecule has 2 aliphatic rings. The number of alkyl halides is 3. The zero-order chi connectivity index (χ0) is 78.0. The van der Waals surface area contributed by atoms with E-state index in [4.69, 9.17) is 46.6 Å². The van der Waals surface area contributed by atoms with Gasteiger partial charge in [-0.2, -0.15) is 13.2 Å². The number of furan rings is 1. The lowest BCUT2D eigenvalue weighted by Crippen LogP contribution is -2.03. The third-order valence-corrected chi connectivity index (χ3v) is 11.4. The molecule has 101 heavy (non-hydrogen) atoms. The third-order valence-electron chi connectivity index (χ3n) is 10.8. The Kier molecular flexibility index (Phi) is 87.2. The number of fused-ring (bicyclic) bond motifs is 3. The van der Waals surface area contributed by atoms with E-state index in [-0.39, 0.29) is 0 Å². The van der Waals surface area contributed by atoms with Gasteiger partial charge in [0.05, 0.1) is 25.5 Å². The van der Waals surface area contributed by atoms with Crippen LogP contribution in [0.2, 0.25) is 10.0 Å². The number of rotatable bonds is 2. The van der Waals surface area contributed by atoms with Crippen molar-refractivity contribution in [2.24, 2.45) is 0 Å². The highest BCUT2D eigenvalue weighted by molar-refractivity contribution is 6.31. The first kappa shape index (κ1) is 105. The highest BCUT2D eigenvalue weighted by Crippen LogP contribution is 2.30. The Bertz CT molecular complexity index is 3090. The molecule has 1 aromatic heterocycles. The lowest BCUT2D eigenvalue weighted by Gasteiger charge is -2.03. The second kappa shape index (κ2) is 83.5. The number of para-hydroxylation sites is 5. The molecule has 556 valence electrons. The summed E-state index contributed by atoms with van der Waals surface area (Å²) in [6.45, 7) is 48.9. The predicted octanol–water partition coefficient (Wildman–Crippen LogP) is 31.1. The molecule has 10 heteroatoms. The number of benzene rings is 10. The standard InChI is InChI=1S/C8H8O.C8H6O.C8H8.C7H7Cl.C7H5F3.C7H6O2.C7H8O.C7H8.C6H5Cl.C6H6.10C2H6/c2*1-2-4-8-7(3-1)5-6-9-8;1-2-8-6-4-3-5-7-8;1-6-4-2-3-5-7(6)8;8-7(9,10)6-4-2-1-3-5-6;1-2-4-7-6(3-1)8-5-9-7;1-8-7-5-3-2-4-6-7;1-7-5-3-2-4-6-7;7-6-4-2-1-3-5-6;1-2-4-6-5-3-1;10*1-2/h1-4H,5-6H2;1-6H;2-7H,1H2;2-5H,1H3;1-5H;1-4H,5H2;2-6H,1H3;2-6H,1H3;1-5H;1-6H;10*1-2H3. The molecule has 0 aliphatic carbocycles. The average Bonchev–Trinajstić information content (AvgIpc) is 1.85. The number of aryl methyl sites for hydroxylation is 2. The van der Waals surface area contributed by atoms with Gasteiger partial charge in [-0.3, -0.25) is 0 Å². The van der Waals surface area contributed by atoms with Crippen LogP contribution in [0.3, 0.4) is 0 Å². The fourth-order valence-electron chi connectivity index (χ4n) is 6.53. The molecule has 0 bridgehead atoms. The lowest BCUT2D eigenvalue weighted by atomic mass is 10.2. The number of hydrogen-bond donors (Lipinski definition) is 0. The number of halogens is 5. The van der Waals surface area contributed by atoms with Crippen LogP contribution in [0.4, 0.5) is 13.2 Å². The summed E-state index contributed by atoms with van der Waals surface area (Å²) in [5, 5.41) is 2.80. The Morgan fingerprint density at radius 3 is 1.07 bits per heavy atom. The molecule has 11 aromatic rings. The Hall–Kier alpha value is -8.95. The first-order valence-electron chi connectivity index (χ1n) is 35.8. The van der Waals surface area contributed by atoms with Gasteiger partial charge in [-0.25, -0.2) is 0 Å². The van der Waals surface area contributed by atoms with Gasteiger partial charge in [0, 0.05) is 21.9 Å². The summed E-state index contributed by atoms with van der Waals surface area (Å²) in [6, 6.07) is 91.3. The molecule has 0 fully saturated rings. The van der Waals surface area contributed by atoms with Crippen molar-refractivity contribution in [2.75, 3.05) is 20.5 Å². The smallest absolute Gasteiger partial charge is 0.416 e. The van der Waals surface area contributed by atoms with E-state index in [0.717, 1.165) is 74.7 Å². The van der Waals surface area contributed by atoms with Gasteiger partial charge in [-0.05, 0) is 91.2 Å². The molecule has 5 nitrogen and oxygen atoms in total. The number of ether oxygens (including phenoxy) is 4. The Morgan fingerprint density at radius 1 is 0.386 bits per heavy atom. The predicted molar refractivity (Wildman–Crippen MR) is 444 cm³/mol. The zero-order valence-corrected chi connectivity index (χ0v) is 67.1.